The predicted octanol–water partition coefficient (Wildman–Crippen LogP) is 0.805. The van der Waals surface area contributed by atoms with Gasteiger partial charge in [0, 0.05) is 6.54 Å². The van der Waals surface area contributed by atoms with E-state index in [9.17, 15) is 17.6 Å². The monoisotopic (exact) mass is 397 g/mol. The van der Waals surface area contributed by atoms with Gasteiger partial charge in [-0.25, -0.2) is 31.5 Å². The molecular formula is C15H16FN5O5S. The molecule has 12 heteroatoms. The summed E-state index contributed by atoms with van der Waals surface area (Å²) < 4.78 is 48.7. The fourth-order valence-electron chi connectivity index (χ4n) is 2.45. The van der Waals surface area contributed by atoms with Gasteiger partial charge in [-0.15, -0.1) is 0 Å². The van der Waals surface area contributed by atoms with Gasteiger partial charge >= 0.3 is 5.76 Å². The number of hydrogen-bond acceptors (Lipinski definition) is 8. The van der Waals surface area contributed by atoms with E-state index in [0.717, 1.165) is 10.8 Å². The van der Waals surface area contributed by atoms with Crippen LogP contribution in [0.1, 0.15) is 17.7 Å². The molecule has 144 valence electrons. The van der Waals surface area contributed by atoms with Crippen LogP contribution in [0.2, 0.25) is 0 Å². The van der Waals surface area contributed by atoms with Crippen LogP contribution in [-0.4, -0.2) is 41.3 Å². The van der Waals surface area contributed by atoms with Gasteiger partial charge in [0.15, 0.2) is 5.69 Å². The average Bonchev–Trinajstić information content (AvgIpc) is 3.19. The second-order valence-electron chi connectivity index (χ2n) is 5.87. The molecule has 0 amide bonds. The maximum atomic E-state index is 13.5. The van der Waals surface area contributed by atoms with Crippen LogP contribution in [0.25, 0.3) is 17.2 Å². The molecule has 0 bridgehead atoms. The van der Waals surface area contributed by atoms with Gasteiger partial charge in [0.1, 0.15) is 11.5 Å². The minimum Gasteiger partial charge on any atom is -0.295 e. The van der Waals surface area contributed by atoms with Gasteiger partial charge < -0.3 is 0 Å². The Balaban J connectivity index is 1.89. The molecule has 0 aliphatic carbocycles. The maximum Gasteiger partial charge on any atom is 0.446 e. The molecule has 0 aliphatic heterocycles. The Morgan fingerprint density at radius 2 is 2.04 bits per heavy atom. The fourth-order valence-corrected chi connectivity index (χ4v) is 2.96. The van der Waals surface area contributed by atoms with Crippen molar-refractivity contribution in [2.75, 3.05) is 12.8 Å². The van der Waals surface area contributed by atoms with E-state index in [1.165, 1.54) is 18.2 Å². The van der Waals surface area contributed by atoms with Crippen molar-refractivity contribution in [1.82, 2.24) is 24.8 Å². The number of aromatic nitrogens is 4. The summed E-state index contributed by atoms with van der Waals surface area (Å²) in [6, 6.07) is 4.11. The van der Waals surface area contributed by atoms with Crippen LogP contribution in [0.15, 0.2) is 32.1 Å². The van der Waals surface area contributed by atoms with E-state index in [-0.39, 0.29) is 18.1 Å². The Morgan fingerprint density at radius 1 is 1.26 bits per heavy atom. The summed E-state index contributed by atoms with van der Waals surface area (Å²) in [6.45, 7) is 1.77. The van der Waals surface area contributed by atoms with E-state index in [1.54, 1.807) is 6.92 Å². The first-order valence-electron chi connectivity index (χ1n) is 7.88. The van der Waals surface area contributed by atoms with E-state index in [4.69, 9.17) is 9.15 Å². The summed E-state index contributed by atoms with van der Waals surface area (Å²) >= 11 is 0. The van der Waals surface area contributed by atoms with Crippen molar-refractivity contribution in [2.24, 2.45) is 0 Å². The molecule has 0 spiro atoms. The van der Waals surface area contributed by atoms with Crippen LogP contribution in [0, 0.1) is 12.7 Å². The molecule has 27 heavy (non-hydrogen) atoms. The Kier molecular flexibility index (Phi) is 5.19. The fraction of sp³-hybridized carbons (Fsp3) is 0.333. The van der Waals surface area contributed by atoms with Crippen LogP contribution in [0.3, 0.4) is 0 Å². The van der Waals surface area contributed by atoms with E-state index in [2.05, 4.69) is 20.2 Å². The van der Waals surface area contributed by atoms with Gasteiger partial charge in [0.05, 0.1) is 11.9 Å². The van der Waals surface area contributed by atoms with Crippen molar-refractivity contribution in [3.05, 3.63) is 45.8 Å². The molecular weight excluding hydrogens is 381 g/mol. The SMILES string of the molecule is Cc1cc(-n2c(-c3nonc3CCCNS(C)(=O)=O)noc2=O)ccc1F. The van der Waals surface area contributed by atoms with Gasteiger partial charge in [-0.2, -0.15) is 0 Å². The van der Waals surface area contributed by atoms with Crippen LogP contribution in [0.4, 0.5) is 4.39 Å². The molecule has 2 heterocycles. The summed E-state index contributed by atoms with van der Waals surface area (Å²) in [6.07, 6.45) is 1.81. The number of hydrogen-bond donors (Lipinski definition) is 1. The van der Waals surface area contributed by atoms with Crippen LogP contribution >= 0.6 is 0 Å². The molecule has 2 aromatic heterocycles. The van der Waals surface area contributed by atoms with Crippen molar-refractivity contribution >= 4 is 10.0 Å². The van der Waals surface area contributed by atoms with Crippen molar-refractivity contribution < 1.29 is 22.0 Å². The minimum absolute atomic E-state index is 0.0540. The van der Waals surface area contributed by atoms with Gasteiger partial charge in [0.2, 0.25) is 15.8 Å². The molecule has 0 saturated heterocycles. The number of nitrogens with one attached hydrogen (secondary N) is 1. The van der Waals surface area contributed by atoms with Gasteiger partial charge in [0.25, 0.3) is 0 Å². The number of benzene rings is 1. The molecule has 0 aliphatic rings. The smallest absolute Gasteiger partial charge is 0.295 e. The summed E-state index contributed by atoms with van der Waals surface area (Å²) in [5, 5.41) is 11.3. The van der Waals surface area contributed by atoms with Gasteiger partial charge in [-0.1, -0.05) is 10.3 Å². The first-order chi connectivity index (χ1) is 12.8. The molecule has 1 aromatic carbocycles. The highest BCUT2D eigenvalue weighted by Crippen LogP contribution is 2.22. The molecule has 0 radical (unpaired) electrons. The highest BCUT2D eigenvalue weighted by atomic mass is 32.2. The van der Waals surface area contributed by atoms with Crippen molar-refractivity contribution in [3.63, 3.8) is 0 Å². The Labute approximate surface area is 153 Å². The number of sulfonamides is 1. The van der Waals surface area contributed by atoms with Crippen LogP contribution in [0.5, 0.6) is 0 Å². The number of aryl methyl sites for hydroxylation is 2. The second-order valence-corrected chi connectivity index (χ2v) is 7.70. The Hall–Kier alpha value is -2.86. The lowest BCUT2D eigenvalue weighted by molar-refractivity contribution is 0.303. The summed E-state index contributed by atoms with van der Waals surface area (Å²) in [4.78, 5) is 12.1. The molecule has 3 rings (SSSR count). The summed E-state index contributed by atoms with van der Waals surface area (Å²) in [5.41, 5.74) is 1.26. The van der Waals surface area contributed by atoms with Gasteiger partial charge in [-0.3, -0.25) is 4.52 Å². The lowest BCUT2D eigenvalue weighted by Gasteiger charge is -2.05. The zero-order chi connectivity index (χ0) is 19.6. The highest BCUT2D eigenvalue weighted by molar-refractivity contribution is 7.88. The lowest BCUT2D eigenvalue weighted by Crippen LogP contribution is -2.23. The molecule has 0 atom stereocenters. The van der Waals surface area contributed by atoms with E-state index >= 15 is 0 Å². The zero-order valence-corrected chi connectivity index (χ0v) is 15.3. The number of nitrogens with zero attached hydrogens (tertiary/aromatic N) is 4. The maximum absolute atomic E-state index is 13.5. The summed E-state index contributed by atoms with van der Waals surface area (Å²) in [5.74, 6) is -1.13. The number of halogens is 1. The minimum atomic E-state index is -3.29. The van der Waals surface area contributed by atoms with E-state index in [1.807, 2.05) is 0 Å². The first-order valence-corrected chi connectivity index (χ1v) is 9.77. The molecule has 10 nitrogen and oxygen atoms in total. The van der Waals surface area contributed by atoms with E-state index in [0.29, 0.717) is 29.8 Å². The molecule has 3 aromatic rings. The van der Waals surface area contributed by atoms with Crippen LogP contribution in [-0.2, 0) is 16.4 Å². The average molecular weight is 397 g/mol. The van der Waals surface area contributed by atoms with Gasteiger partial charge in [-0.05, 0) is 48.7 Å². The third-order valence-electron chi connectivity index (χ3n) is 3.73. The Morgan fingerprint density at radius 3 is 2.74 bits per heavy atom. The predicted molar refractivity (Wildman–Crippen MR) is 91.3 cm³/mol. The Bertz CT molecular complexity index is 1120. The highest BCUT2D eigenvalue weighted by Gasteiger charge is 2.22. The van der Waals surface area contributed by atoms with Crippen molar-refractivity contribution in [1.29, 1.82) is 0 Å². The van der Waals surface area contributed by atoms with E-state index < -0.39 is 21.6 Å². The zero-order valence-electron chi connectivity index (χ0n) is 14.5. The first kappa shape index (κ1) is 18.9. The molecule has 0 fully saturated rings. The standard InChI is InChI=1S/C15H16FN5O5S/c1-9-8-10(5-6-11(9)16)21-14(20-25-15(21)22)13-12(18-26-19-13)4-3-7-17-27(2,23)24/h5-6,8,17H,3-4,7H2,1-2H3. The third kappa shape index (κ3) is 4.28. The quantitative estimate of drug-likeness (QED) is 0.579. The molecule has 0 saturated carbocycles. The number of rotatable bonds is 7. The largest absolute Gasteiger partial charge is 0.446 e. The van der Waals surface area contributed by atoms with Crippen molar-refractivity contribution in [2.45, 2.75) is 19.8 Å². The van der Waals surface area contributed by atoms with Crippen LogP contribution < -0.4 is 10.5 Å². The molecule has 1 N–H and O–H groups in total. The second kappa shape index (κ2) is 7.40. The van der Waals surface area contributed by atoms with Crippen molar-refractivity contribution in [3.8, 4) is 17.2 Å². The topological polar surface area (TPSA) is 133 Å². The lowest BCUT2D eigenvalue weighted by atomic mass is 10.2. The third-order valence-corrected chi connectivity index (χ3v) is 4.46. The summed E-state index contributed by atoms with van der Waals surface area (Å²) in [7, 11) is -3.29. The normalized spacial score (nSPS) is 11.8. The molecule has 0 unspecified atom stereocenters.